The molecule has 2 aromatic carbocycles. The first-order valence-corrected chi connectivity index (χ1v) is 8.22. The molecular formula is C19H18N2O4. The van der Waals surface area contributed by atoms with E-state index in [9.17, 15) is 14.7 Å². The highest BCUT2D eigenvalue weighted by Crippen LogP contribution is 2.44. The second kappa shape index (κ2) is 5.89. The van der Waals surface area contributed by atoms with Crippen LogP contribution in [-0.4, -0.2) is 30.1 Å². The van der Waals surface area contributed by atoms with Gasteiger partial charge in [0.1, 0.15) is 11.2 Å². The van der Waals surface area contributed by atoms with Gasteiger partial charge in [-0.25, -0.2) is 0 Å². The number of para-hydroxylation sites is 1. The van der Waals surface area contributed by atoms with Gasteiger partial charge < -0.3 is 20.2 Å². The molecule has 0 bridgehead atoms. The van der Waals surface area contributed by atoms with Crippen LogP contribution in [0, 0.1) is 5.41 Å². The number of carbonyl (C=O) groups excluding carboxylic acids is 2. The van der Waals surface area contributed by atoms with Crippen LogP contribution >= 0.6 is 0 Å². The van der Waals surface area contributed by atoms with E-state index in [1.807, 2.05) is 30.3 Å². The fourth-order valence-electron chi connectivity index (χ4n) is 2.91. The molecule has 6 nitrogen and oxygen atoms in total. The molecule has 0 aliphatic heterocycles. The van der Waals surface area contributed by atoms with E-state index in [2.05, 4.69) is 10.6 Å². The van der Waals surface area contributed by atoms with Crippen molar-refractivity contribution in [3.63, 3.8) is 0 Å². The summed E-state index contributed by atoms with van der Waals surface area (Å²) in [6.45, 7) is 0.343. The third-order valence-electron chi connectivity index (χ3n) is 4.76. The average Bonchev–Trinajstić information content (AvgIpc) is 3.32. The summed E-state index contributed by atoms with van der Waals surface area (Å²) in [5.74, 6) is -1.44. The lowest BCUT2D eigenvalue weighted by Crippen LogP contribution is -2.39. The molecule has 2 amide bonds. The zero-order valence-corrected chi connectivity index (χ0v) is 13.5. The zero-order valence-electron chi connectivity index (χ0n) is 13.5. The summed E-state index contributed by atoms with van der Waals surface area (Å²) in [6.07, 6.45) is 1.74. The Morgan fingerprint density at radius 1 is 1.04 bits per heavy atom. The van der Waals surface area contributed by atoms with E-state index in [4.69, 9.17) is 4.42 Å². The molecule has 3 N–H and O–H groups in total. The standard InChI is InChI=1S/C19H18N2O4/c22-11-19(7-8-19)10-20-17(23)18(24)21-12-5-6-14-13-3-1-2-4-15(13)25-16(14)9-12/h1-6,9,22H,7-8,10-11H2,(H,20,23)(H,21,24). The first kappa shape index (κ1) is 15.7. The van der Waals surface area contributed by atoms with Crippen LogP contribution in [0.4, 0.5) is 5.69 Å². The smallest absolute Gasteiger partial charge is 0.313 e. The Morgan fingerprint density at radius 2 is 1.80 bits per heavy atom. The fourth-order valence-corrected chi connectivity index (χ4v) is 2.91. The largest absolute Gasteiger partial charge is 0.456 e. The van der Waals surface area contributed by atoms with E-state index in [0.29, 0.717) is 17.8 Å². The van der Waals surface area contributed by atoms with Gasteiger partial charge in [0.2, 0.25) is 0 Å². The second-order valence-corrected chi connectivity index (χ2v) is 6.60. The topological polar surface area (TPSA) is 91.6 Å². The van der Waals surface area contributed by atoms with E-state index in [1.165, 1.54) is 0 Å². The molecule has 0 saturated heterocycles. The van der Waals surface area contributed by atoms with Crippen molar-refractivity contribution in [1.29, 1.82) is 0 Å². The molecule has 1 aliphatic rings. The molecule has 6 heteroatoms. The molecule has 1 aromatic heterocycles. The Bertz CT molecular complexity index is 972. The van der Waals surface area contributed by atoms with Crippen LogP contribution in [0.2, 0.25) is 0 Å². The molecule has 1 fully saturated rings. The molecule has 25 heavy (non-hydrogen) atoms. The highest BCUT2D eigenvalue weighted by molar-refractivity contribution is 6.39. The van der Waals surface area contributed by atoms with Crippen LogP contribution in [-0.2, 0) is 9.59 Å². The minimum atomic E-state index is -0.732. The second-order valence-electron chi connectivity index (χ2n) is 6.60. The monoisotopic (exact) mass is 338 g/mol. The van der Waals surface area contributed by atoms with E-state index < -0.39 is 11.8 Å². The van der Waals surface area contributed by atoms with Gasteiger partial charge in [0.05, 0.1) is 6.61 Å². The highest BCUT2D eigenvalue weighted by Gasteiger charge is 2.42. The lowest BCUT2D eigenvalue weighted by Gasteiger charge is -2.12. The van der Waals surface area contributed by atoms with Crippen LogP contribution in [0.5, 0.6) is 0 Å². The number of furan rings is 1. The number of hydrogen-bond donors (Lipinski definition) is 3. The molecule has 3 aromatic rings. The normalized spacial score (nSPS) is 15.2. The quantitative estimate of drug-likeness (QED) is 0.637. The van der Waals surface area contributed by atoms with Crippen molar-refractivity contribution in [3.05, 3.63) is 42.5 Å². The molecule has 0 radical (unpaired) electrons. The number of nitrogens with one attached hydrogen (secondary N) is 2. The Hall–Kier alpha value is -2.86. The van der Waals surface area contributed by atoms with E-state index in [-0.39, 0.29) is 12.0 Å². The molecule has 1 saturated carbocycles. The van der Waals surface area contributed by atoms with E-state index >= 15 is 0 Å². The number of aliphatic hydroxyl groups is 1. The molecule has 0 atom stereocenters. The summed E-state index contributed by atoms with van der Waals surface area (Å²) in [7, 11) is 0. The molecule has 1 aliphatic carbocycles. The summed E-state index contributed by atoms with van der Waals surface area (Å²) >= 11 is 0. The number of fused-ring (bicyclic) bond motifs is 3. The molecule has 4 rings (SSSR count). The number of aliphatic hydroxyl groups excluding tert-OH is 1. The van der Waals surface area contributed by atoms with Gasteiger partial charge in [-0.05, 0) is 31.0 Å². The lowest BCUT2D eigenvalue weighted by atomic mass is 10.1. The maximum Gasteiger partial charge on any atom is 0.313 e. The Kier molecular flexibility index (Phi) is 3.69. The third kappa shape index (κ3) is 2.96. The zero-order chi connectivity index (χ0) is 17.4. The maximum absolute atomic E-state index is 12.0. The van der Waals surface area contributed by atoms with Crippen LogP contribution in [0.1, 0.15) is 12.8 Å². The summed E-state index contributed by atoms with van der Waals surface area (Å²) in [4.78, 5) is 23.9. The number of amides is 2. The van der Waals surface area contributed by atoms with Crippen molar-refractivity contribution in [1.82, 2.24) is 5.32 Å². The first-order chi connectivity index (χ1) is 12.1. The minimum absolute atomic E-state index is 0.0254. The van der Waals surface area contributed by atoms with Crippen LogP contribution in [0.3, 0.4) is 0 Å². The van der Waals surface area contributed by atoms with Crippen molar-refractivity contribution in [2.75, 3.05) is 18.5 Å². The number of hydrogen-bond acceptors (Lipinski definition) is 4. The molecular weight excluding hydrogens is 320 g/mol. The summed E-state index contributed by atoms with van der Waals surface area (Å²) in [5.41, 5.74) is 1.69. The average molecular weight is 338 g/mol. The molecule has 0 unspecified atom stereocenters. The Morgan fingerprint density at radius 3 is 2.56 bits per heavy atom. The number of carbonyl (C=O) groups is 2. The van der Waals surface area contributed by atoms with E-state index in [1.54, 1.807) is 12.1 Å². The highest BCUT2D eigenvalue weighted by atomic mass is 16.3. The number of rotatable bonds is 4. The number of benzene rings is 2. The van der Waals surface area contributed by atoms with Crippen molar-refractivity contribution < 1.29 is 19.1 Å². The van der Waals surface area contributed by atoms with Gasteiger partial charge in [0.25, 0.3) is 0 Å². The molecule has 0 spiro atoms. The van der Waals surface area contributed by atoms with E-state index in [0.717, 1.165) is 29.2 Å². The predicted molar refractivity (Wildman–Crippen MR) is 94.1 cm³/mol. The van der Waals surface area contributed by atoms with Crippen LogP contribution < -0.4 is 10.6 Å². The number of anilines is 1. The van der Waals surface area contributed by atoms with Gasteiger partial charge >= 0.3 is 11.8 Å². The molecule has 128 valence electrons. The SMILES string of the molecule is O=C(NCC1(CO)CC1)C(=O)Nc1ccc2c(c1)oc1ccccc12. The van der Waals surface area contributed by atoms with Crippen molar-refractivity contribution in [3.8, 4) is 0 Å². The van der Waals surface area contributed by atoms with Crippen molar-refractivity contribution in [2.45, 2.75) is 12.8 Å². The van der Waals surface area contributed by atoms with Crippen LogP contribution in [0.25, 0.3) is 21.9 Å². The van der Waals surface area contributed by atoms with Gasteiger partial charge in [-0.2, -0.15) is 0 Å². The fraction of sp³-hybridized carbons (Fsp3) is 0.263. The lowest BCUT2D eigenvalue weighted by molar-refractivity contribution is -0.136. The summed E-state index contributed by atoms with van der Waals surface area (Å²) < 4.78 is 5.77. The Balaban J connectivity index is 1.47. The van der Waals surface area contributed by atoms with Gasteiger partial charge in [0, 0.05) is 34.5 Å². The Labute approximate surface area is 143 Å². The third-order valence-corrected chi connectivity index (χ3v) is 4.76. The van der Waals surface area contributed by atoms with Gasteiger partial charge in [-0.15, -0.1) is 0 Å². The summed E-state index contributed by atoms with van der Waals surface area (Å²) in [5, 5.41) is 16.4. The minimum Gasteiger partial charge on any atom is -0.456 e. The predicted octanol–water partition coefficient (Wildman–Crippen LogP) is 2.41. The first-order valence-electron chi connectivity index (χ1n) is 8.22. The summed E-state index contributed by atoms with van der Waals surface area (Å²) in [6, 6.07) is 13.0. The van der Waals surface area contributed by atoms with Gasteiger partial charge in [0.15, 0.2) is 0 Å². The van der Waals surface area contributed by atoms with Crippen LogP contribution in [0.15, 0.2) is 46.9 Å². The van der Waals surface area contributed by atoms with Gasteiger partial charge in [-0.3, -0.25) is 9.59 Å². The van der Waals surface area contributed by atoms with Crippen molar-refractivity contribution >= 4 is 39.4 Å². The van der Waals surface area contributed by atoms with Gasteiger partial charge in [-0.1, -0.05) is 18.2 Å². The maximum atomic E-state index is 12.0. The molecule has 1 heterocycles. The van der Waals surface area contributed by atoms with Crippen molar-refractivity contribution in [2.24, 2.45) is 5.41 Å².